The third-order valence-electron chi connectivity index (χ3n) is 3.70. The lowest BCUT2D eigenvalue weighted by atomic mass is 9.79. The van der Waals surface area contributed by atoms with Gasteiger partial charge in [-0.3, -0.25) is 0 Å². The van der Waals surface area contributed by atoms with Gasteiger partial charge in [-0.25, -0.2) is 0 Å². The van der Waals surface area contributed by atoms with Crippen molar-refractivity contribution in [2.45, 2.75) is 66.7 Å². The molecule has 0 rings (SSSR count). The van der Waals surface area contributed by atoms with Crippen molar-refractivity contribution in [1.82, 2.24) is 0 Å². The average molecular weight is 184 g/mol. The molecule has 0 aliphatic carbocycles. The molecule has 2 atom stereocenters. The van der Waals surface area contributed by atoms with Gasteiger partial charge in [0.05, 0.1) is 0 Å². The summed E-state index contributed by atoms with van der Waals surface area (Å²) in [5.41, 5.74) is 0. The Balaban J connectivity index is 3.83. The first-order valence-electron chi connectivity index (χ1n) is 6.17. The smallest absolute Gasteiger partial charge is 0.0389 e. The van der Waals surface area contributed by atoms with Gasteiger partial charge in [0.1, 0.15) is 0 Å². The minimum atomic E-state index is 0.918. The highest BCUT2D eigenvalue weighted by Gasteiger charge is 2.19. The van der Waals surface area contributed by atoms with Crippen LogP contribution in [0.15, 0.2) is 0 Å². The fraction of sp³-hybridized carbons (Fsp3) is 1.00. The molecule has 80 valence electrons. The van der Waals surface area contributed by atoms with E-state index in [9.17, 15) is 0 Å². The molecule has 0 radical (unpaired) electrons. The molecule has 0 saturated heterocycles. The molecule has 2 unspecified atom stereocenters. The van der Waals surface area contributed by atoms with E-state index in [0.717, 1.165) is 17.8 Å². The van der Waals surface area contributed by atoms with Crippen LogP contribution in [0, 0.1) is 17.8 Å². The van der Waals surface area contributed by atoms with Crippen LogP contribution in [0.5, 0.6) is 0 Å². The van der Waals surface area contributed by atoms with Crippen molar-refractivity contribution in [1.29, 1.82) is 0 Å². The molecule has 0 saturated carbocycles. The van der Waals surface area contributed by atoms with Crippen molar-refractivity contribution >= 4 is 0 Å². The van der Waals surface area contributed by atoms with Gasteiger partial charge in [0.2, 0.25) is 0 Å². The Morgan fingerprint density at radius 1 is 0.923 bits per heavy atom. The summed E-state index contributed by atoms with van der Waals surface area (Å²) in [5.74, 6) is 2.79. The number of unbranched alkanes of at least 4 members (excludes halogenated alkanes) is 1. The topological polar surface area (TPSA) is 0 Å². The summed E-state index contributed by atoms with van der Waals surface area (Å²) in [5, 5.41) is 0. The van der Waals surface area contributed by atoms with Crippen molar-refractivity contribution in [2.24, 2.45) is 17.8 Å². The Morgan fingerprint density at radius 3 is 1.85 bits per heavy atom. The minimum absolute atomic E-state index is 0.918. The van der Waals surface area contributed by atoms with Gasteiger partial charge in [-0.1, -0.05) is 66.7 Å². The molecule has 0 aromatic carbocycles. The van der Waals surface area contributed by atoms with Gasteiger partial charge in [0, 0.05) is 0 Å². The number of hydrogen-bond donors (Lipinski definition) is 0. The molecule has 0 aromatic heterocycles. The molecule has 0 spiro atoms. The second-order valence-electron chi connectivity index (χ2n) is 4.56. The van der Waals surface area contributed by atoms with E-state index in [1.165, 1.54) is 32.1 Å². The Hall–Kier alpha value is 0. The van der Waals surface area contributed by atoms with Crippen molar-refractivity contribution in [3.63, 3.8) is 0 Å². The summed E-state index contributed by atoms with van der Waals surface area (Å²) in [6.07, 6.45) is 6.89. The van der Waals surface area contributed by atoms with Crippen molar-refractivity contribution in [3.05, 3.63) is 0 Å². The zero-order valence-electron chi connectivity index (χ0n) is 10.3. The summed E-state index contributed by atoms with van der Waals surface area (Å²) in [6, 6.07) is 0. The molecular formula is C13H28. The minimum Gasteiger partial charge on any atom is -0.0654 e. The van der Waals surface area contributed by atoms with Gasteiger partial charge < -0.3 is 0 Å². The van der Waals surface area contributed by atoms with Gasteiger partial charge in [-0.05, 0) is 17.8 Å². The lowest BCUT2D eigenvalue weighted by Gasteiger charge is -2.27. The summed E-state index contributed by atoms with van der Waals surface area (Å²) in [4.78, 5) is 0. The SMILES string of the molecule is CCCCC(C)C(C)C(CC)CC. The molecule has 0 amide bonds. The van der Waals surface area contributed by atoms with E-state index in [0.29, 0.717) is 0 Å². The molecule has 0 nitrogen and oxygen atoms in total. The normalized spacial score (nSPS) is 16.2. The van der Waals surface area contributed by atoms with E-state index in [4.69, 9.17) is 0 Å². The molecule has 0 bridgehead atoms. The zero-order valence-corrected chi connectivity index (χ0v) is 10.3. The van der Waals surface area contributed by atoms with Gasteiger partial charge >= 0.3 is 0 Å². The Bertz CT molecular complexity index is 103. The van der Waals surface area contributed by atoms with E-state index in [1.807, 2.05) is 0 Å². The van der Waals surface area contributed by atoms with Gasteiger partial charge in [0.15, 0.2) is 0 Å². The van der Waals surface area contributed by atoms with E-state index < -0.39 is 0 Å². The lowest BCUT2D eigenvalue weighted by Crippen LogP contribution is -2.17. The van der Waals surface area contributed by atoms with Crippen LogP contribution in [0.2, 0.25) is 0 Å². The lowest BCUT2D eigenvalue weighted by molar-refractivity contribution is 0.234. The van der Waals surface area contributed by atoms with Crippen molar-refractivity contribution < 1.29 is 0 Å². The zero-order chi connectivity index (χ0) is 10.3. The fourth-order valence-electron chi connectivity index (χ4n) is 2.29. The molecule has 0 fully saturated rings. The maximum Gasteiger partial charge on any atom is -0.0389 e. The van der Waals surface area contributed by atoms with Crippen LogP contribution in [0.4, 0.5) is 0 Å². The third-order valence-corrected chi connectivity index (χ3v) is 3.70. The van der Waals surface area contributed by atoms with Crippen LogP contribution >= 0.6 is 0 Å². The second-order valence-corrected chi connectivity index (χ2v) is 4.56. The highest BCUT2D eigenvalue weighted by Crippen LogP contribution is 2.29. The molecule has 0 N–H and O–H groups in total. The first kappa shape index (κ1) is 13.0. The summed E-state index contributed by atoms with van der Waals surface area (Å²) < 4.78 is 0. The molecule has 13 heavy (non-hydrogen) atoms. The predicted octanol–water partition coefficient (Wildman–Crippen LogP) is 4.89. The predicted molar refractivity (Wildman–Crippen MR) is 61.9 cm³/mol. The molecule has 0 heterocycles. The quantitative estimate of drug-likeness (QED) is 0.528. The summed E-state index contributed by atoms with van der Waals surface area (Å²) in [6.45, 7) is 11.8. The standard InChI is InChI=1S/C13H28/c1-6-9-10-11(4)12(5)13(7-2)8-3/h11-13H,6-10H2,1-5H3. The average Bonchev–Trinajstić information content (AvgIpc) is 2.15. The highest BCUT2D eigenvalue weighted by atomic mass is 14.2. The fourth-order valence-corrected chi connectivity index (χ4v) is 2.29. The van der Waals surface area contributed by atoms with Gasteiger partial charge in [-0.2, -0.15) is 0 Å². The Labute approximate surface area is 85.1 Å². The first-order valence-corrected chi connectivity index (χ1v) is 6.17. The molecular weight excluding hydrogens is 156 g/mol. The molecule has 0 heteroatoms. The van der Waals surface area contributed by atoms with Crippen LogP contribution in [0.3, 0.4) is 0 Å². The monoisotopic (exact) mass is 184 g/mol. The molecule has 0 aliphatic rings. The maximum absolute atomic E-state index is 2.44. The van der Waals surface area contributed by atoms with Crippen LogP contribution in [-0.2, 0) is 0 Å². The van der Waals surface area contributed by atoms with E-state index >= 15 is 0 Å². The molecule has 0 aliphatic heterocycles. The van der Waals surface area contributed by atoms with Crippen LogP contribution in [0.1, 0.15) is 66.7 Å². The second kappa shape index (κ2) is 7.41. The van der Waals surface area contributed by atoms with Crippen LogP contribution in [0.25, 0.3) is 0 Å². The van der Waals surface area contributed by atoms with E-state index in [1.54, 1.807) is 0 Å². The largest absolute Gasteiger partial charge is 0.0654 e. The first-order chi connectivity index (χ1) is 6.17. The number of hydrogen-bond acceptors (Lipinski definition) is 0. The Kier molecular flexibility index (Phi) is 7.41. The maximum atomic E-state index is 2.44. The third kappa shape index (κ3) is 4.69. The van der Waals surface area contributed by atoms with Gasteiger partial charge in [-0.15, -0.1) is 0 Å². The molecule has 0 aromatic rings. The number of rotatable bonds is 7. The van der Waals surface area contributed by atoms with Crippen molar-refractivity contribution in [2.75, 3.05) is 0 Å². The van der Waals surface area contributed by atoms with Crippen LogP contribution in [-0.4, -0.2) is 0 Å². The highest BCUT2D eigenvalue weighted by molar-refractivity contribution is 4.69. The van der Waals surface area contributed by atoms with E-state index in [2.05, 4.69) is 34.6 Å². The van der Waals surface area contributed by atoms with Crippen molar-refractivity contribution in [3.8, 4) is 0 Å². The van der Waals surface area contributed by atoms with Crippen LogP contribution < -0.4 is 0 Å². The van der Waals surface area contributed by atoms with Gasteiger partial charge in [0.25, 0.3) is 0 Å². The Morgan fingerprint density at radius 2 is 1.46 bits per heavy atom. The summed E-state index contributed by atoms with van der Waals surface area (Å²) in [7, 11) is 0. The summed E-state index contributed by atoms with van der Waals surface area (Å²) >= 11 is 0. The van der Waals surface area contributed by atoms with E-state index in [-0.39, 0.29) is 0 Å².